The van der Waals surface area contributed by atoms with E-state index in [0.717, 1.165) is 28.9 Å². The molecule has 0 fully saturated rings. The smallest absolute Gasteiger partial charge is 0.322 e. The van der Waals surface area contributed by atoms with Crippen molar-refractivity contribution in [3.63, 3.8) is 0 Å². The number of fused-ring (bicyclic) bond motifs is 3. The van der Waals surface area contributed by atoms with Crippen molar-refractivity contribution in [3.8, 4) is 11.5 Å². The van der Waals surface area contributed by atoms with Gasteiger partial charge < -0.3 is 24.7 Å². The molecule has 1 aromatic heterocycles. The number of aromatic amines is 1. The maximum atomic E-state index is 13.5. The van der Waals surface area contributed by atoms with Crippen LogP contribution in [0, 0.1) is 0 Å². The Morgan fingerprint density at radius 1 is 1.00 bits per heavy atom. The summed E-state index contributed by atoms with van der Waals surface area (Å²) in [6.07, 6.45) is 0.777. The van der Waals surface area contributed by atoms with E-state index in [9.17, 15) is 4.79 Å². The highest BCUT2D eigenvalue weighted by molar-refractivity contribution is 5.92. The number of carbonyl (C=O) groups excluding carboxylic acids is 1. The number of amides is 2. The van der Waals surface area contributed by atoms with Gasteiger partial charge in [-0.1, -0.05) is 42.5 Å². The summed E-state index contributed by atoms with van der Waals surface area (Å²) in [6, 6.07) is 23.2. The summed E-state index contributed by atoms with van der Waals surface area (Å²) in [6.45, 7) is 0.595. The standard InChI is InChI=1S/C26H25N3O3/c1-31-18-9-7-8-17(16-18)25-24-20(19-10-3-4-11-21(19)27-24)14-15-29(25)26(30)28-22-12-5-6-13-23(22)32-2/h3-13,16,25,27H,14-15H2,1-2H3,(H,28,30). The van der Waals surface area contributed by atoms with E-state index < -0.39 is 0 Å². The van der Waals surface area contributed by atoms with Crippen LogP contribution in [0.4, 0.5) is 10.5 Å². The van der Waals surface area contributed by atoms with Crippen LogP contribution in [0.25, 0.3) is 10.9 Å². The molecule has 162 valence electrons. The number of benzene rings is 3. The molecule has 0 aliphatic carbocycles. The lowest BCUT2D eigenvalue weighted by Crippen LogP contribution is -2.43. The Labute approximate surface area is 186 Å². The Bertz CT molecular complexity index is 1280. The van der Waals surface area contributed by atoms with Crippen LogP contribution in [0.3, 0.4) is 0 Å². The van der Waals surface area contributed by atoms with Gasteiger partial charge in [-0.15, -0.1) is 0 Å². The van der Waals surface area contributed by atoms with Gasteiger partial charge in [0, 0.05) is 23.1 Å². The number of hydrogen-bond donors (Lipinski definition) is 2. The molecule has 0 radical (unpaired) electrons. The van der Waals surface area contributed by atoms with Gasteiger partial charge in [-0.3, -0.25) is 0 Å². The van der Waals surface area contributed by atoms with Crippen molar-refractivity contribution >= 4 is 22.6 Å². The van der Waals surface area contributed by atoms with Crippen molar-refractivity contribution < 1.29 is 14.3 Å². The molecule has 1 unspecified atom stereocenters. The fourth-order valence-electron chi connectivity index (χ4n) is 4.55. The molecule has 2 amide bonds. The fraction of sp³-hybridized carbons (Fsp3) is 0.192. The Morgan fingerprint density at radius 3 is 2.66 bits per heavy atom. The molecule has 4 aromatic rings. The van der Waals surface area contributed by atoms with Crippen LogP contribution in [0.2, 0.25) is 0 Å². The van der Waals surface area contributed by atoms with Crippen LogP contribution in [-0.2, 0) is 6.42 Å². The van der Waals surface area contributed by atoms with E-state index in [2.05, 4.69) is 28.5 Å². The van der Waals surface area contributed by atoms with Crippen molar-refractivity contribution in [1.82, 2.24) is 9.88 Å². The van der Waals surface area contributed by atoms with Crippen LogP contribution in [0.1, 0.15) is 22.9 Å². The fourth-order valence-corrected chi connectivity index (χ4v) is 4.55. The molecule has 3 aromatic carbocycles. The van der Waals surface area contributed by atoms with E-state index in [1.54, 1.807) is 14.2 Å². The Morgan fingerprint density at radius 2 is 1.81 bits per heavy atom. The molecule has 32 heavy (non-hydrogen) atoms. The molecule has 1 aliphatic rings. The minimum Gasteiger partial charge on any atom is -0.497 e. The van der Waals surface area contributed by atoms with E-state index in [0.29, 0.717) is 18.0 Å². The third kappa shape index (κ3) is 3.43. The van der Waals surface area contributed by atoms with Crippen molar-refractivity contribution in [2.75, 3.05) is 26.1 Å². The molecule has 6 nitrogen and oxygen atoms in total. The molecular formula is C26H25N3O3. The molecule has 0 spiro atoms. The first-order valence-electron chi connectivity index (χ1n) is 10.6. The monoisotopic (exact) mass is 427 g/mol. The number of H-pyrrole nitrogens is 1. The van der Waals surface area contributed by atoms with Crippen molar-refractivity contribution in [3.05, 3.63) is 89.6 Å². The summed E-state index contributed by atoms with van der Waals surface area (Å²) in [4.78, 5) is 19.0. The number of ether oxygens (including phenoxy) is 2. The number of aromatic nitrogens is 1. The number of nitrogens with one attached hydrogen (secondary N) is 2. The Kier molecular flexibility index (Phi) is 5.19. The highest BCUT2D eigenvalue weighted by atomic mass is 16.5. The zero-order valence-electron chi connectivity index (χ0n) is 18.1. The van der Waals surface area contributed by atoms with Crippen molar-refractivity contribution in [2.45, 2.75) is 12.5 Å². The predicted octanol–water partition coefficient (Wildman–Crippen LogP) is 5.36. The highest BCUT2D eigenvalue weighted by Crippen LogP contribution is 2.39. The summed E-state index contributed by atoms with van der Waals surface area (Å²) in [5.41, 5.74) is 5.02. The first kappa shape index (κ1) is 20.0. The molecule has 5 rings (SSSR count). The lowest BCUT2D eigenvalue weighted by Gasteiger charge is -2.36. The van der Waals surface area contributed by atoms with Crippen LogP contribution >= 0.6 is 0 Å². The first-order chi connectivity index (χ1) is 15.7. The van der Waals surface area contributed by atoms with Gasteiger partial charge in [-0.05, 0) is 47.9 Å². The largest absolute Gasteiger partial charge is 0.497 e. The normalized spacial score (nSPS) is 15.3. The third-order valence-electron chi connectivity index (χ3n) is 6.05. The van der Waals surface area contributed by atoms with E-state index in [4.69, 9.17) is 9.47 Å². The zero-order chi connectivity index (χ0) is 22.1. The summed E-state index contributed by atoms with van der Waals surface area (Å²) in [5.74, 6) is 1.39. The number of carbonyl (C=O) groups is 1. The van der Waals surface area contributed by atoms with Gasteiger partial charge >= 0.3 is 6.03 Å². The topological polar surface area (TPSA) is 66.6 Å². The summed E-state index contributed by atoms with van der Waals surface area (Å²) in [7, 11) is 3.25. The lowest BCUT2D eigenvalue weighted by atomic mass is 9.92. The number of nitrogens with zero attached hydrogens (tertiary/aromatic N) is 1. The molecular weight excluding hydrogens is 402 g/mol. The van der Waals surface area contributed by atoms with Crippen LogP contribution < -0.4 is 14.8 Å². The van der Waals surface area contributed by atoms with Crippen LogP contribution in [0.15, 0.2) is 72.8 Å². The number of anilines is 1. The molecule has 2 N–H and O–H groups in total. The zero-order valence-corrected chi connectivity index (χ0v) is 18.1. The van der Waals surface area contributed by atoms with Gasteiger partial charge in [0.1, 0.15) is 11.5 Å². The van der Waals surface area contributed by atoms with Gasteiger partial charge in [0.15, 0.2) is 0 Å². The van der Waals surface area contributed by atoms with Gasteiger partial charge in [-0.2, -0.15) is 0 Å². The third-order valence-corrected chi connectivity index (χ3v) is 6.05. The van der Waals surface area contributed by atoms with Crippen molar-refractivity contribution in [1.29, 1.82) is 0 Å². The second-order valence-electron chi connectivity index (χ2n) is 7.82. The first-order valence-corrected chi connectivity index (χ1v) is 10.6. The maximum Gasteiger partial charge on any atom is 0.322 e. The number of methoxy groups -OCH3 is 2. The molecule has 0 saturated heterocycles. The minimum atomic E-state index is -0.268. The maximum absolute atomic E-state index is 13.5. The SMILES string of the molecule is COc1cccc(C2c3[nH]c4ccccc4c3CCN2C(=O)Nc2ccccc2OC)c1. The van der Waals surface area contributed by atoms with Gasteiger partial charge in [0.05, 0.1) is 25.9 Å². The highest BCUT2D eigenvalue weighted by Gasteiger charge is 2.35. The number of hydrogen-bond acceptors (Lipinski definition) is 3. The average molecular weight is 428 g/mol. The molecule has 6 heteroatoms. The van der Waals surface area contributed by atoms with Gasteiger partial charge in [0.2, 0.25) is 0 Å². The molecule has 2 heterocycles. The summed E-state index contributed by atoms with van der Waals surface area (Å²) < 4.78 is 10.9. The van der Waals surface area contributed by atoms with Crippen molar-refractivity contribution in [2.24, 2.45) is 0 Å². The lowest BCUT2D eigenvalue weighted by molar-refractivity contribution is 0.193. The van der Waals surface area contributed by atoms with Gasteiger partial charge in [-0.25, -0.2) is 4.79 Å². The van der Waals surface area contributed by atoms with E-state index in [-0.39, 0.29) is 12.1 Å². The van der Waals surface area contributed by atoms with Crippen LogP contribution in [0.5, 0.6) is 11.5 Å². The van der Waals surface area contributed by atoms with Gasteiger partial charge in [0.25, 0.3) is 0 Å². The van der Waals surface area contributed by atoms with E-state index in [1.807, 2.05) is 59.5 Å². The number of urea groups is 1. The number of para-hydroxylation sites is 3. The second kappa shape index (κ2) is 8.30. The molecule has 1 atom stereocenters. The van der Waals surface area contributed by atoms with E-state index >= 15 is 0 Å². The Hall–Kier alpha value is -3.93. The average Bonchev–Trinajstić information content (AvgIpc) is 3.22. The summed E-state index contributed by atoms with van der Waals surface area (Å²) >= 11 is 0. The Balaban J connectivity index is 1.59. The predicted molar refractivity (Wildman–Crippen MR) is 126 cm³/mol. The number of rotatable bonds is 4. The summed E-state index contributed by atoms with van der Waals surface area (Å²) in [5, 5.41) is 4.25. The second-order valence-corrected chi connectivity index (χ2v) is 7.82. The quantitative estimate of drug-likeness (QED) is 0.460. The van der Waals surface area contributed by atoms with E-state index in [1.165, 1.54) is 10.9 Å². The molecule has 0 saturated carbocycles. The molecule has 0 bridgehead atoms. The minimum absolute atomic E-state index is 0.174. The molecule has 1 aliphatic heterocycles. The van der Waals surface area contributed by atoms with Crippen LogP contribution in [-0.4, -0.2) is 36.7 Å².